The van der Waals surface area contributed by atoms with Crippen molar-refractivity contribution < 1.29 is 9.84 Å². The van der Waals surface area contributed by atoms with Crippen LogP contribution in [0.25, 0.3) is 0 Å². The van der Waals surface area contributed by atoms with Gasteiger partial charge in [-0.15, -0.1) is 0 Å². The number of pyridine rings is 1. The topological polar surface area (TPSA) is 42.4 Å². The van der Waals surface area contributed by atoms with Gasteiger partial charge in [-0.2, -0.15) is 0 Å². The summed E-state index contributed by atoms with van der Waals surface area (Å²) in [6.07, 6.45) is 3.41. The maximum Gasteiger partial charge on any atom is 0.114 e. The molecule has 0 aromatic carbocycles. The Morgan fingerprint density at radius 2 is 2.36 bits per heavy atom. The highest BCUT2D eigenvalue weighted by atomic mass is 16.5. The van der Waals surface area contributed by atoms with Crippen molar-refractivity contribution in [1.82, 2.24) is 4.98 Å². The van der Waals surface area contributed by atoms with E-state index in [1.54, 1.807) is 6.20 Å². The zero-order valence-electron chi connectivity index (χ0n) is 8.36. The summed E-state index contributed by atoms with van der Waals surface area (Å²) in [5, 5.41) is 10.3. The van der Waals surface area contributed by atoms with E-state index in [4.69, 9.17) is 4.74 Å². The number of hydrogen-bond acceptors (Lipinski definition) is 3. The molecule has 2 rings (SSSR count). The summed E-state index contributed by atoms with van der Waals surface area (Å²) in [5.41, 5.74) is 1.01. The number of rotatable bonds is 1. The number of aromatic nitrogens is 1. The Morgan fingerprint density at radius 1 is 1.50 bits per heavy atom. The van der Waals surface area contributed by atoms with Crippen LogP contribution in [0.5, 0.6) is 0 Å². The Labute approximate surface area is 83.7 Å². The van der Waals surface area contributed by atoms with Gasteiger partial charge in [0.15, 0.2) is 0 Å². The minimum Gasteiger partial charge on any atom is -0.383 e. The molecule has 0 spiro atoms. The van der Waals surface area contributed by atoms with Crippen LogP contribution in [-0.4, -0.2) is 23.3 Å². The van der Waals surface area contributed by atoms with Gasteiger partial charge in [-0.1, -0.05) is 6.07 Å². The van der Waals surface area contributed by atoms with E-state index in [1.165, 1.54) is 0 Å². The first-order chi connectivity index (χ1) is 6.71. The van der Waals surface area contributed by atoms with Crippen LogP contribution in [0.1, 0.15) is 24.1 Å². The quantitative estimate of drug-likeness (QED) is 0.732. The molecule has 0 saturated carbocycles. The van der Waals surface area contributed by atoms with Crippen LogP contribution >= 0.6 is 0 Å². The van der Waals surface area contributed by atoms with Gasteiger partial charge in [0, 0.05) is 24.1 Å². The normalized spacial score (nSPS) is 27.6. The van der Waals surface area contributed by atoms with Crippen molar-refractivity contribution >= 4 is 0 Å². The van der Waals surface area contributed by atoms with E-state index < -0.39 is 5.60 Å². The summed E-state index contributed by atoms with van der Waals surface area (Å²) >= 11 is 0. The Balaban J connectivity index is 2.23. The fourth-order valence-electron chi connectivity index (χ4n) is 1.75. The summed E-state index contributed by atoms with van der Waals surface area (Å²) in [5.74, 6) is 0. The summed E-state index contributed by atoms with van der Waals surface area (Å²) in [4.78, 5) is 4.18. The zero-order chi connectivity index (χ0) is 10.0. The molecule has 3 heteroatoms. The molecule has 1 aromatic heterocycles. The minimum atomic E-state index is -0.820. The SMILES string of the molecule is Cc1ccc(C2(O)CCCOC2)cn1. The summed E-state index contributed by atoms with van der Waals surface area (Å²) in [7, 11) is 0. The molecular formula is C11H15NO2. The number of aliphatic hydroxyl groups is 1. The van der Waals surface area contributed by atoms with E-state index in [0.717, 1.165) is 30.7 Å². The van der Waals surface area contributed by atoms with Crippen LogP contribution < -0.4 is 0 Å². The van der Waals surface area contributed by atoms with Gasteiger partial charge >= 0.3 is 0 Å². The molecule has 76 valence electrons. The van der Waals surface area contributed by atoms with Crippen molar-refractivity contribution in [2.45, 2.75) is 25.4 Å². The lowest BCUT2D eigenvalue weighted by Gasteiger charge is -2.32. The highest BCUT2D eigenvalue weighted by Crippen LogP contribution is 2.29. The first-order valence-electron chi connectivity index (χ1n) is 4.94. The fourth-order valence-corrected chi connectivity index (χ4v) is 1.75. The molecule has 3 nitrogen and oxygen atoms in total. The molecule has 1 unspecified atom stereocenters. The molecular weight excluding hydrogens is 178 g/mol. The van der Waals surface area contributed by atoms with Crippen molar-refractivity contribution in [2.75, 3.05) is 13.2 Å². The Hall–Kier alpha value is -0.930. The molecule has 1 fully saturated rings. The molecule has 0 aliphatic carbocycles. The third kappa shape index (κ3) is 1.79. The molecule has 0 bridgehead atoms. The average molecular weight is 193 g/mol. The fraction of sp³-hybridized carbons (Fsp3) is 0.545. The first kappa shape index (κ1) is 9.62. The maximum absolute atomic E-state index is 10.3. The van der Waals surface area contributed by atoms with Gasteiger partial charge in [-0.05, 0) is 25.8 Å². The second kappa shape index (κ2) is 3.67. The third-order valence-electron chi connectivity index (χ3n) is 2.67. The number of nitrogens with zero attached hydrogens (tertiary/aromatic N) is 1. The first-order valence-corrected chi connectivity index (χ1v) is 4.94. The second-order valence-corrected chi connectivity index (χ2v) is 3.88. The number of hydrogen-bond donors (Lipinski definition) is 1. The van der Waals surface area contributed by atoms with E-state index in [0.29, 0.717) is 6.61 Å². The summed E-state index contributed by atoms with van der Waals surface area (Å²) in [6.45, 7) is 3.07. The average Bonchev–Trinajstić information content (AvgIpc) is 2.19. The Bertz CT molecular complexity index is 302. The van der Waals surface area contributed by atoms with E-state index in [9.17, 15) is 5.11 Å². The molecule has 1 aliphatic rings. The van der Waals surface area contributed by atoms with Gasteiger partial charge in [0.05, 0.1) is 6.61 Å². The lowest BCUT2D eigenvalue weighted by Crippen LogP contribution is -2.35. The van der Waals surface area contributed by atoms with Crippen LogP contribution in [0.3, 0.4) is 0 Å². The molecule has 0 amide bonds. The largest absolute Gasteiger partial charge is 0.383 e. The van der Waals surface area contributed by atoms with Crippen molar-refractivity contribution in [1.29, 1.82) is 0 Å². The van der Waals surface area contributed by atoms with Gasteiger partial charge in [0.25, 0.3) is 0 Å². The molecule has 14 heavy (non-hydrogen) atoms. The highest BCUT2D eigenvalue weighted by molar-refractivity contribution is 5.21. The summed E-state index contributed by atoms with van der Waals surface area (Å²) < 4.78 is 5.29. The predicted octanol–water partition coefficient (Wildman–Crippen LogP) is 1.39. The van der Waals surface area contributed by atoms with Gasteiger partial charge in [0.2, 0.25) is 0 Å². The van der Waals surface area contributed by atoms with Crippen LogP contribution in [0.2, 0.25) is 0 Å². The summed E-state index contributed by atoms with van der Waals surface area (Å²) in [6, 6.07) is 3.85. The zero-order valence-corrected chi connectivity index (χ0v) is 8.36. The van der Waals surface area contributed by atoms with Crippen molar-refractivity contribution in [3.8, 4) is 0 Å². The number of aryl methyl sites for hydroxylation is 1. The van der Waals surface area contributed by atoms with Crippen molar-refractivity contribution in [3.05, 3.63) is 29.6 Å². The van der Waals surface area contributed by atoms with Crippen molar-refractivity contribution in [2.24, 2.45) is 0 Å². The lowest BCUT2D eigenvalue weighted by molar-refractivity contribution is -0.0904. The van der Waals surface area contributed by atoms with Crippen LogP contribution in [0.15, 0.2) is 18.3 Å². The molecule has 1 N–H and O–H groups in total. The standard InChI is InChI=1S/C11H15NO2/c1-9-3-4-10(7-12-9)11(13)5-2-6-14-8-11/h3-4,7,13H,2,5-6,8H2,1H3. The van der Waals surface area contributed by atoms with E-state index in [1.807, 2.05) is 19.1 Å². The van der Waals surface area contributed by atoms with Crippen molar-refractivity contribution in [3.63, 3.8) is 0 Å². The molecule has 0 radical (unpaired) electrons. The van der Waals surface area contributed by atoms with E-state index >= 15 is 0 Å². The molecule has 1 aliphatic heterocycles. The van der Waals surface area contributed by atoms with Gasteiger partial charge in [-0.25, -0.2) is 0 Å². The van der Waals surface area contributed by atoms with Gasteiger partial charge in [0.1, 0.15) is 5.60 Å². The second-order valence-electron chi connectivity index (χ2n) is 3.88. The van der Waals surface area contributed by atoms with Gasteiger partial charge in [-0.3, -0.25) is 4.98 Å². The minimum absolute atomic E-state index is 0.387. The van der Waals surface area contributed by atoms with Gasteiger partial charge < -0.3 is 9.84 Å². The molecule has 1 atom stereocenters. The lowest BCUT2D eigenvalue weighted by atomic mass is 9.89. The smallest absolute Gasteiger partial charge is 0.114 e. The van der Waals surface area contributed by atoms with E-state index in [-0.39, 0.29) is 0 Å². The molecule has 2 heterocycles. The molecule has 1 saturated heterocycles. The van der Waals surface area contributed by atoms with Crippen LogP contribution in [0, 0.1) is 6.92 Å². The van der Waals surface area contributed by atoms with E-state index in [2.05, 4.69) is 4.98 Å². The Kier molecular flexibility index (Phi) is 2.52. The predicted molar refractivity (Wildman–Crippen MR) is 52.9 cm³/mol. The third-order valence-corrected chi connectivity index (χ3v) is 2.67. The number of ether oxygens (including phenoxy) is 1. The highest BCUT2D eigenvalue weighted by Gasteiger charge is 2.32. The van der Waals surface area contributed by atoms with Crippen LogP contribution in [0.4, 0.5) is 0 Å². The monoisotopic (exact) mass is 193 g/mol. The maximum atomic E-state index is 10.3. The Morgan fingerprint density at radius 3 is 2.93 bits per heavy atom. The molecule has 1 aromatic rings. The van der Waals surface area contributed by atoms with Crippen LogP contribution in [-0.2, 0) is 10.3 Å².